The van der Waals surface area contributed by atoms with E-state index in [9.17, 15) is 4.79 Å². The fourth-order valence-corrected chi connectivity index (χ4v) is 4.42. The fraction of sp³-hybridized carbons (Fsp3) is 0. The van der Waals surface area contributed by atoms with Gasteiger partial charge in [-0.2, -0.15) is 9.78 Å². The van der Waals surface area contributed by atoms with Crippen LogP contribution in [-0.2, 0) is 0 Å². The first kappa shape index (κ1) is 25.2. The van der Waals surface area contributed by atoms with Gasteiger partial charge in [0.1, 0.15) is 11.5 Å². The Bertz CT molecular complexity index is 1780. The number of ether oxygens (including phenoxy) is 2. The van der Waals surface area contributed by atoms with Gasteiger partial charge in [-0.3, -0.25) is 4.79 Å². The second-order valence-electron chi connectivity index (χ2n) is 9.02. The highest BCUT2D eigenvalue weighted by atomic mass is 35.5. The average molecular weight is 543 g/mol. The molecule has 5 aromatic carbocycles. The van der Waals surface area contributed by atoms with Crippen LogP contribution >= 0.6 is 11.6 Å². The lowest BCUT2D eigenvalue weighted by Gasteiger charge is -2.14. The van der Waals surface area contributed by atoms with Gasteiger partial charge < -0.3 is 9.47 Å². The first-order valence-electron chi connectivity index (χ1n) is 12.7. The van der Waals surface area contributed by atoms with E-state index in [1.165, 1.54) is 10.9 Å². The van der Waals surface area contributed by atoms with Crippen molar-refractivity contribution in [3.63, 3.8) is 0 Å². The third-order valence-electron chi connectivity index (χ3n) is 6.34. The van der Waals surface area contributed by atoms with Crippen molar-refractivity contribution < 1.29 is 9.47 Å². The molecule has 0 atom stereocenters. The fourth-order valence-electron chi connectivity index (χ4n) is 4.29. The molecule has 0 aliphatic carbocycles. The third kappa shape index (κ3) is 5.51. The zero-order valence-electron chi connectivity index (χ0n) is 21.3. The number of nitrogens with zero attached hydrogens (tertiary/aromatic N) is 2. The molecule has 0 aliphatic heterocycles. The third-order valence-corrected chi connectivity index (χ3v) is 6.59. The van der Waals surface area contributed by atoms with Gasteiger partial charge in [0.15, 0.2) is 5.75 Å². The van der Waals surface area contributed by atoms with Crippen molar-refractivity contribution in [1.29, 1.82) is 0 Å². The van der Waals surface area contributed by atoms with Crippen molar-refractivity contribution >= 4 is 11.6 Å². The molecule has 0 spiro atoms. The maximum Gasteiger partial charge on any atom is 0.318 e. The van der Waals surface area contributed by atoms with Gasteiger partial charge >= 0.3 is 5.56 Å². The van der Waals surface area contributed by atoms with Crippen LogP contribution in [0.4, 0.5) is 0 Å². The number of rotatable bonds is 7. The summed E-state index contributed by atoms with van der Waals surface area (Å²) in [6.45, 7) is 0. The van der Waals surface area contributed by atoms with Crippen LogP contribution in [0.15, 0.2) is 144 Å². The Hall–Kier alpha value is -5.13. The number of aromatic nitrogens is 2. The summed E-state index contributed by atoms with van der Waals surface area (Å²) < 4.78 is 13.6. The molecule has 0 radical (unpaired) electrons. The molecule has 0 bridgehead atoms. The Morgan fingerprint density at radius 3 is 1.55 bits per heavy atom. The molecule has 1 heterocycles. The molecule has 0 fully saturated rings. The van der Waals surface area contributed by atoms with Gasteiger partial charge in [-0.05, 0) is 70.8 Å². The molecule has 0 aliphatic rings. The van der Waals surface area contributed by atoms with Crippen LogP contribution in [0.2, 0.25) is 5.02 Å². The molecule has 0 N–H and O–H groups in total. The summed E-state index contributed by atoms with van der Waals surface area (Å²) in [5.41, 5.74) is 4.37. The van der Waals surface area contributed by atoms with E-state index in [1.54, 1.807) is 24.3 Å². The number of hydrogen-bond donors (Lipinski definition) is 0. The second kappa shape index (κ2) is 11.3. The number of hydrogen-bond acceptors (Lipinski definition) is 4. The molecule has 0 saturated carbocycles. The van der Waals surface area contributed by atoms with Gasteiger partial charge in [0.2, 0.25) is 5.75 Å². The Kier molecular flexibility index (Phi) is 7.12. The largest absolute Gasteiger partial charge is 0.452 e. The molecule has 5 nitrogen and oxygen atoms in total. The zero-order chi connectivity index (χ0) is 27.3. The van der Waals surface area contributed by atoms with E-state index in [4.69, 9.17) is 21.1 Å². The van der Waals surface area contributed by atoms with Gasteiger partial charge in [-0.15, -0.1) is 0 Å². The topological polar surface area (TPSA) is 53.4 Å². The van der Waals surface area contributed by atoms with E-state index in [1.807, 2.05) is 109 Å². The minimum Gasteiger partial charge on any atom is -0.452 e. The monoisotopic (exact) mass is 542 g/mol. The molecule has 6 rings (SSSR count). The summed E-state index contributed by atoms with van der Waals surface area (Å²) in [6.07, 6.45) is 1.48. The normalized spacial score (nSPS) is 10.7. The van der Waals surface area contributed by atoms with Gasteiger partial charge in [0.05, 0.1) is 11.9 Å². The summed E-state index contributed by atoms with van der Waals surface area (Å²) >= 11 is 6.05. The number of halogens is 1. The van der Waals surface area contributed by atoms with E-state index in [0.717, 1.165) is 22.3 Å². The zero-order valence-corrected chi connectivity index (χ0v) is 22.0. The van der Waals surface area contributed by atoms with Crippen LogP contribution in [0.25, 0.3) is 27.9 Å². The van der Waals surface area contributed by atoms with Crippen molar-refractivity contribution in [3.05, 3.63) is 155 Å². The first-order valence-corrected chi connectivity index (χ1v) is 13.1. The lowest BCUT2D eigenvalue weighted by molar-refractivity contribution is 0.405. The quantitative estimate of drug-likeness (QED) is 0.202. The van der Waals surface area contributed by atoms with Gasteiger partial charge in [0.25, 0.3) is 0 Å². The lowest BCUT2D eigenvalue weighted by atomic mass is 10.1. The minimum absolute atomic E-state index is 0.0181. The Morgan fingerprint density at radius 2 is 1.02 bits per heavy atom. The van der Waals surface area contributed by atoms with Crippen molar-refractivity contribution in [2.45, 2.75) is 0 Å². The van der Waals surface area contributed by atoms with Crippen molar-refractivity contribution in [2.24, 2.45) is 0 Å². The van der Waals surface area contributed by atoms with Crippen LogP contribution in [-0.4, -0.2) is 9.78 Å². The van der Waals surface area contributed by atoms with Gasteiger partial charge in [-0.25, -0.2) is 0 Å². The van der Waals surface area contributed by atoms with Gasteiger partial charge in [-0.1, -0.05) is 96.5 Å². The van der Waals surface area contributed by atoms with Crippen LogP contribution in [0, 0.1) is 0 Å². The number of benzene rings is 5. The predicted octanol–water partition coefficient (Wildman–Crippen LogP) is 8.80. The lowest BCUT2D eigenvalue weighted by Crippen LogP contribution is -2.22. The first-order chi connectivity index (χ1) is 19.6. The van der Waals surface area contributed by atoms with E-state index in [-0.39, 0.29) is 11.5 Å². The minimum atomic E-state index is -0.465. The maximum absolute atomic E-state index is 13.7. The Morgan fingerprint density at radius 1 is 0.550 bits per heavy atom. The molecule has 0 saturated heterocycles. The summed E-state index contributed by atoms with van der Waals surface area (Å²) in [7, 11) is 0. The standard InChI is InChI=1S/C34H23ClN2O3/c35-28-15-17-29(18-16-28)37-34(38)33(40-31-21-13-27(14-22-31)25-9-5-2-6-10-25)32(23-36-37)39-30-19-11-26(12-20-30)24-7-3-1-4-8-24/h1-23H. The highest BCUT2D eigenvalue weighted by Crippen LogP contribution is 2.33. The van der Waals surface area contributed by atoms with Gasteiger partial charge in [0, 0.05) is 5.02 Å². The smallest absolute Gasteiger partial charge is 0.318 e. The molecule has 0 amide bonds. The van der Waals surface area contributed by atoms with Crippen LogP contribution < -0.4 is 15.0 Å². The van der Waals surface area contributed by atoms with E-state index < -0.39 is 5.56 Å². The summed E-state index contributed by atoms with van der Waals surface area (Å²) in [6, 6.07) is 42.2. The second-order valence-corrected chi connectivity index (χ2v) is 9.45. The summed E-state index contributed by atoms with van der Waals surface area (Å²) in [5.74, 6) is 1.27. The van der Waals surface area contributed by atoms with E-state index in [0.29, 0.717) is 22.2 Å². The maximum atomic E-state index is 13.7. The van der Waals surface area contributed by atoms with Crippen LogP contribution in [0.3, 0.4) is 0 Å². The van der Waals surface area contributed by atoms with Crippen molar-refractivity contribution in [3.8, 4) is 50.9 Å². The highest BCUT2D eigenvalue weighted by Gasteiger charge is 2.18. The molecular weight excluding hydrogens is 520 g/mol. The summed E-state index contributed by atoms with van der Waals surface area (Å²) in [4.78, 5) is 13.7. The van der Waals surface area contributed by atoms with E-state index >= 15 is 0 Å². The van der Waals surface area contributed by atoms with Crippen molar-refractivity contribution in [1.82, 2.24) is 9.78 Å². The molecule has 6 heteroatoms. The molecule has 40 heavy (non-hydrogen) atoms. The molecule has 194 valence electrons. The van der Waals surface area contributed by atoms with Crippen LogP contribution in [0.1, 0.15) is 0 Å². The van der Waals surface area contributed by atoms with Crippen LogP contribution in [0.5, 0.6) is 23.0 Å². The predicted molar refractivity (Wildman–Crippen MR) is 159 cm³/mol. The Balaban J connectivity index is 1.34. The molecule has 0 unspecified atom stereocenters. The summed E-state index contributed by atoms with van der Waals surface area (Å²) in [5, 5.41) is 4.91. The molecular formula is C34H23ClN2O3. The van der Waals surface area contributed by atoms with Crippen molar-refractivity contribution in [2.75, 3.05) is 0 Å². The highest BCUT2D eigenvalue weighted by molar-refractivity contribution is 6.30. The molecule has 1 aromatic heterocycles. The Labute approximate surface area is 236 Å². The molecule has 6 aromatic rings. The average Bonchev–Trinajstić information content (AvgIpc) is 3.01. The van der Waals surface area contributed by atoms with E-state index in [2.05, 4.69) is 5.10 Å². The SMILES string of the molecule is O=c1c(Oc2ccc(-c3ccccc3)cc2)c(Oc2ccc(-c3ccccc3)cc2)cnn1-c1ccc(Cl)cc1.